The van der Waals surface area contributed by atoms with Crippen LogP contribution in [0, 0.1) is 5.92 Å². The van der Waals surface area contributed by atoms with Crippen LogP contribution >= 0.6 is 0 Å². The summed E-state index contributed by atoms with van der Waals surface area (Å²) in [6.07, 6.45) is 1.69. The maximum atomic E-state index is 12.8. The summed E-state index contributed by atoms with van der Waals surface area (Å²) in [7, 11) is 1.85. The fourth-order valence-corrected chi connectivity index (χ4v) is 3.61. The van der Waals surface area contributed by atoms with Gasteiger partial charge >= 0.3 is 0 Å². The normalized spacial score (nSPS) is 15.5. The highest BCUT2D eigenvalue weighted by molar-refractivity contribution is 5.94. The zero-order valence-electron chi connectivity index (χ0n) is 16.0. The van der Waals surface area contributed by atoms with Crippen molar-refractivity contribution in [2.24, 2.45) is 5.92 Å². The van der Waals surface area contributed by atoms with Gasteiger partial charge in [-0.3, -0.25) is 9.69 Å². The van der Waals surface area contributed by atoms with Crippen molar-refractivity contribution in [3.05, 3.63) is 66.6 Å². The van der Waals surface area contributed by atoms with Gasteiger partial charge in [0.15, 0.2) is 0 Å². The molecule has 0 saturated carbocycles. The highest BCUT2D eigenvalue weighted by atomic mass is 16.5. The Morgan fingerprint density at radius 1 is 1.07 bits per heavy atom. The van der Waals surface area contributed by atoms with E-state index in [1.165, 1.54) is 0 Å². The molecule has 1 saturated heterocycles. The number of likely N-dealkylation sites (tertiary alicyclic amines) is 1. The summed E-state index contributed by atoms with van der Waals surface area (Å²) in [5.74, 6) is 1.48. The van der Waals surface area contributed by atoms with Gasteiger partial charge in [-0.25, -0.2) is 0 Å². The first-order chi connectivity index (χ1) is 13.7. The van der Waals surface area contributed by atoms with E-state index in [0.717, 1.165) is 37.2 Å². The number of hydrogen-bond acceptors (Lipinski definition) is 5. The van der Waals surface area contributed by atoms with Crippen LogP contribution in [0.5, 0.6) is 0 Å². The Hall–Kier alpha value is -2.99. The van der Waals surface area contributed by atoms with Crippen molar-refractivity contribution in [2.75, 3.05) is 25.0 Å². The minimum atomic E-state index is 0.0593. The lowest BCUT2D eigenvalue weighted by Crippen LogP contribution is -2.41. The van der Waals surface area contributed by atoms with E-state index in [1.807, 2.05) is 67.7 Å². The van der Waals surface area contributed by atoms with Crippen LogP contribution in [-0.4, -0.2) is 41.1 Å². The van der Waals surface area contributed by atoms with Gasteiger partial charge in [-0.15, -0.1) is 0 Å². The van der Waals surface area contributed by atoms with Crippen molar-refractivity contribution in [2.45, 2.75) is 19.4 Å². The first-order valence-corrected chi connectivity index (χ1v) is 9.63. The molecular formula is C22H24N4O2. The lowest BCUT2D eigenvalue weighted by Gasteiger charge is -2.32. The molecule has 6 nitrogen and oxygen atoms in total. The molecule has 1 aromatic heterocycles. The number of hydrogen-bond donors (Lipinski definition) is 0. The summed E-state index contributed by atoms with van der Waals surface area (Å²) in [4.78, 5) is 21.3. The molecule has 0 unspecified atom stereocenters. The number of anilines is 1. The minimum Gasteiger partial charge on any atom is -0.338 e. The molecule has 4 rings (SSSR count). The fourth-order valence-electron chi connectivity index (χ4n) is 3.61. The topological polar surface area (TPSA) is 62.5 Å². The first-order valence-electron chi connectivity index (χ1n) is 9.63. The predicted octanol–water partition coefficient (Wildman–Crippen LogP) is 3.61. The molecule has 1 fully saturated rings. The Labute approximate surface area is 164 Å². The standard InChI is InChI=1S/C22H24N4O2/c1-25(19-10-6-3-7-11-19)22(27)18-12-14-26(15-13-18)16-20-23-21(24-28-20)17-8-4-2-5-9-17/h2-11,18H,12-16H2,1H3. The molecule has 0 N–H and O–H groups in total. The third-order valence-electron chi connectivity index (χ3n) is 5.27. The van der Waals surface area contributed by atoms with E-state index in [4.69, 9.17) is 4.52 Å². The highest BCUT2D eigenvalue weighted by Gasteiger charge is 2.28. The van der Waals surface area contributed by atoms with Crippen LogP contribution < -0.4 is 4.90 Å². The van der Waals surface area contributed by atoms with E-state index >= 15 is 0 Å². The number of amides is 1. The van der Waals surface area contributed by atoms with Gasteiger partial charge in [0.05, 0.1) is 6.54 Å². The number of nitrogens with zero attached hydrogens (tertiary/aromatic N) is 4. The minimum absolute atomic E-state index is 0.0593. The quantitative estimate of drug-likeness (QED) is 0.681. The molecule has 6 heteroatoms. The van der Waals surface area contributed by atoms with Gasteiger partial charge in [-0.2, -0.15) is 4.98 Å². The molecule has 3 aromatic rings. The second-order valence-electron chi connectivity index (χ2n) is 7.16. The highest BCUT2D eigenvalue weighted by Crippen LogP contribution is 2.24. The summed E-state index contributed by atoms with van der Waals surface area (Å²) in [5.41, 5.74) is 1.89. The van der Waals surface area contributed by atoms with Gasteiger partial charge in [0.1, 0.15) is 0 Å². The third-order valence-corrected chi connectivity index (χ3v) is 5.27. The molecular weight excluding hydrogens is 352 g/mol. The van der Waals surface area contributed by atoms with E-state index < -0.39 is 0 Å². The summed E-state index contributed by atoms with van der Waals surface area (Å²) in [5, 5.41) is 4.08. The van der Waals surface area contributed by atoms with Gasteiger partial charge in [-0.05, 0) is 38.1 Å². The number of para-hydroxylation sites is 1. The number of benzene rings is 2. The van der Waals surface area contributed by atoms with Crippen LogP contribution in [0.3, 0.4) is 0 Å². The average molecular weight is 376 g/mol. The van der Waals surface area contributed by atoms with Crippen molar-refractivity contribution in [1.29, 1.82) is 0 Å². The maximum Gasteiger partial charge on any atom is 0.241 e. The van der Waals surface area contributed by atoms with Crippen LogP contribution in [0.2, 0.25) is 0 Å². The smallest absolute Gasteiger partial charge is 0.241 e. The number of rotatable bonds is 5. The Bertz CT molecular complexity index is 903. The molecule has 144 valence electrons. The molecule has 0 bridgehead atoms. The van der Waals surface area contributed by atoms with Crippen LogP contribution in [0.1, 0.15) is 18.7 Å². The number of carbonyl (C=O) groups is 1. The molecule has 0 aliphatic carbocycles. The van der Waals surface area contributed by atoms with E-state index in [1.54, 1.807) is 4.90 Å². The van der Waals surface area contributed by atoms with Gasteiger partial charge in [0.25, 0.3) is 0 Å². The van der Waals surface area contributed by atoms with Crippen molar-refractivity contribution >= 4 is 11.6 Å². The zero-order chi connectivity index (χ0) is 19.3. The van der Waals surface area contributed by atoms with Crippen LogP contribution in [0.25, 0.3) is 11.4 Å². The molecule has 0 atom stereocenters. The molecule has 2 heterocycles. The van der Waals surface area contributed by atoms with Crippen molar-refractivity contribution in [3.63, 3.8) is 0 Å². The second kappa shape index (κ2) is 8.35. The van der Waals surface area contributed by atoms with Gasteiger partial charge < -0.3 is 9.42 Å². The predicted molar refractivity (Wildman–Crippen MR) is 108 cm³/mol. The molecule has 1 amide bonds. The van der Waals surface area contributed by atoms with Crippen LogP contribution in [0.4, 0.5) is 5.69 Å². The Morgan fingerprint density at radius 3 is 2.39 bits per heavy atom. The summed E-state index contributed by atoms with van der Waals surface area (Å²) in [6.45, 7) is 2.32. The van der Waals surface area contributed by atoms with E-state index in [-0.39, 0.29) is 11.8 Å². The van der Waals surface area contributed by atoms with Gasteiger partial charge in [0.2, 0.25) is 17.6 Å². The van der Waals surface area contributed by atoms with Crippen molar-refractivity contribution < 1.29 is 9.32 Å². The van der Waals surface area contributed by atoms with E-state index in [0.29, 0.717) is 18.3 Å². The number of carbonyl (C=O) groups excluding carboxylic acids is 1. The summed E-state index contributed by atoms with van der Waals surface area (Å²) in [6, 6.07) is 19.6. The number of aromatic nitrogens is 2. The van der Waals surface area contributed by atoms with Crippen molar-refractivity contribution in [1.82, 2.24) is 15.0 Å². The third kappa shape index (κ3) is 4.12. The molecule has 1 aliphatic heterocycles. The van der Waals surface area contributed by atoms with Gasteiger partial charge in [0, 0.05) is 24.2 Å². The SMILES string of the molecule is CN(C(=O)C1CCN(Cc2nc(-c3ccccc3)no2)CC1)c1ccccc1. The van der Waals surface area contributed by atoms with Crippen LogP contribution in [-0.2, 0) is 11.3 Å². The zero-order valence-corrected chi connectivity index (χ0v) is 16.0. The van der Waals surface area contributed by atoms with Crippen LogP contribution in [0.15, 0.2) is 65.2 Å². The Kier molecular flexibility index (Phi) is 5.48. The lowest BCUT2D eigenvalue weighted by atomic mass is 9.95. The van der Waals surface area contributed by atoms with Gasteiger partial charge in [-0.1, -0.05) is 53.7 Å². The van der Waals surface area contributed by atoms with E-state index in [9.17, 15) is 4.79 Å². The number of piperidine rings is 1. The van der Waals surface area contributed by atoms with Crippen molar-refractivity contribution in [3.8, 4) is 11.4 Å². The second-order valence-corrected chi connectivity index (χ2v) is 7.16. The van der Waals surface area contributed by atoms with E-state index in [2.05, 4.69) is 15.0 Å². The summed E-state index contributed by atoms with van der Waals surface area (Å²) >= 11 is 0. The Morgan fingerprint density at radius 2 is 1.71 bits per heavy atom. The fraction of sp³-hybridized carbons (Fsp3) is 0.318. The molecule has 28 heavy (non-hydrogen) atoms. The summed E-state index contributed by atoms with van der Waals surface area (Å²) < 4.78 is 5.41. The molecule has 0 radical (unpaired) electrons. The first kappa shape index (κ1) is 18.4. The monoisotopic (exact) mass is 376 g/mol. The Balaban J connectivity index is 1.31. The maximum absolute atomic E-state index is 12.8. The average Bonchev–Trinajstić information content (AvgIpc) is 3.23. The molecule has 2 aromatic carbocycles. The molecule has 1 aliphatic rings. The lowest BCUT2D eigenvalue weighted by molar-refractivity contribution is -0.123. The molecule has 0 spiro atoms. The largest absolute Gasteiger partial charge is 0.338 e.